The third kappa shape index (κ3) is 23.1. The van der Waals surface area contributed by atoms with Gasteiger partial charge in [-0.25, -0.2) is 0 Å². The molecule has 32 heavy (non-hydrogen) atoms. The summed E-state index contributed by atoms with van der Waals surface area (Å²) in [6.07, 6.45) is 33.3. The molecule has 0 saturated heterocycles. The van der Waals surface area contributed by atoms with Gasteiger partial charge in [-0.2, -0.15) is 0 Å². The summed E-state index contributed by atoms with van der Waals surface area (Å²) in [5.74, 6) is 0.827. The van der Waals surface area contributed by atoms with Crippen LogP contribution < -0.4 is 0 Å². The summed E-state index contributed by atoms with van der Waals surface area (Å²) >= 11 is 0. The third-order valence-corrected chi connectivity index (χ3v) is 7.46. The third-order valence-electron chi connectivity index (χ3n) is 7.46. The second-order valence-corrected chi connectivity index (χ2v) is 11.3. The maximum absolute atomic E-state index is 2.71. The molecule has 0 aliphatic carbocycles. The van der Waals surface area contributed by atoms with E-state index in [0.717, 1.165) is 12.0 Å². The van der Waals surface area contributed by atoms with Gasteiger partial charge in [-0.1, -0.05) is 156 Å². The number of hydrogen-bond donors (Lipinski definition) is 0. The van der Waals surface area contributed by atoms with E-state index in [1.165, 1.54) is 154 Å². The van der Waals surface area contributed by atoms with Crippen LogP contribution in [-0.4, -0.2) is 24.5 Å². The van der Waals surface area contributed by atoms with Crippen molar-refractivity contribution >= 4 is 0 Å². The summed E-state index contributed by atoms with van der Waals surface area (Å²) < 4.78 is 0. The lowest BCUT2D eigenvalue weighted by Crippen LogP contribution is -2.33. The Labute approximate surface area is 205 Å². The first-order valence-electron chi connectivity index (χ1n) is 15.3. The van der Waals surface area contributed by atoms with Crippen LogP contribution in [0.15, 0.2) is 0 Å². The highest BCUT2D eigenvalue weighted by atomic mass is 15.1. The van der Waals surface area contributed by atoms with E-state index in [1.54, 1.807) is 0 Å². The molecule has 1 heteroatoms. The van der Waals surface area contributed by atoms with Gasteiger partial charge in [0.2, 0.25) is 0 Å². The summed E-state index contributed by atoms with van der Waals surface area (Å²) in [6, 6.07) is 0.830. The van der Waals surface area contributed by atoms with E-state index in [1.807, 2.05) is 0 Å². The number of unbranched alkanes of at least 4 members (excludes halogenated alkanes) is 18. The molecule has 0 heterocycles. The Balaban J connectivity index is 3.89. The molecule has 0 aromatic carbocycles. The Morgan fingerprint density at radius 1 is 0.438 bits per heavy atom. The van der Waals surface area contributed by atoms with Crippen molar-refractivity contribution in [3.63, 3.8) is 0 Å². The van der Waals surface area contributed by atoms with E-state index < -0.39 is 0 Å². The minimum absolute atomic E-state index is 0.827. The summed E-state index contributed by atoms with van der Waals surface area (Å²) in [5, 5.41) is 0. The molecule has 0 aliphatic heterocycles. The van der Waals surface area contributed by atoms with E-state index >= 15 is 0 Å². The van der Waals surface area contributed by atoms with Gasteiger partial charge in [0.15, 0.2) is 0 Å². The van der Waals surface area contributed by atoms with Gasteiger partial charge in [-0.05, 0) is 38.8 Å². The molecule has 0 atom stereocenters. The van der Waals surface area contributed by atoms with Gasteiger partial charge in [0.1, 0.15) is 0 Å². The molecule has 0 aromatic heterocycles. The van der Waals surface area contributed by atoms with Crippen LogP contribution in [0.1, 0.15) is 175 Å². The maximum atomic E-state index is 2.71. The molecule has 0 aliphatic rings. The highest BCUT2D eigenvalue weighted by Gasteiger charge is 2.14. The van der Waals surface area contributed by atoms with E-state index in [-0.39, 0.29) is 0 Å². The average molecular weight is 452 g/mol. The van der Waals surface area contributed by atoms with Crippen molar-refractivity contribution in [2.75, 3.05) is 13.6 Å². The van der Waals surface area contributed by atoms with Crippen LogP contribution >= 0.6 is 0 Å². The topological polar surface area (TPSA) is 3.24 Å². The molecular formula is C31H65N. The molecular weight excluding hydrogens is 386 g/mol. The minimum atomic E-state index is 0.827. The number of hydrogen-bond acceptors (Lipinski definition) is 1. The average Bonchev–Trinajstić information content (AvgIpc) is 2.78. The molecule has 0 amide bonds. The fourth-order valence-corrected chi connectivity index (χ4v) is 4.96. The lowest BCUT2D eigenvalue weighted by atomic mass is 9.98. The maximum Gasteiger partial charge on any atom is 0.00922 e. The van der Waals surface area contributed by atoms with Crippen molar-refractivity contribution < 1.29 is 0 Å². The largest absolute Gasteiger partial charge is 0.303 e. The molecule has 0 bridgehead atoms. The molecule has 0 aromatic rings. The molecule has 0 radical (unpaired) electrons. The Kier molecular flexibility index (Phi) is 25.5. The Bertz CT molecular complexity index is 313. The second-order valence-electron chi connectivity index (χ2n) is 11.3. The van der Waals surface area contributed by atoms with Gasteiger partial charge < -0.3 is 4.90 Å². The zero-order valence-electron chi connectivity index (χ0n) is 23.6. The zero-order chi connectivity index (χ0) is 23.7. The first-order valence-corrected chi connectivity index (χ1v) is 15.3. The predicted octanol–water partition coefficient (Wildman–Crippen LogP) is 11.0. The van der Waals surface area contributed by atoms with Crippen LogP contribution in [0, 0.1) is 5.92 Å². The van der Waals surface area contributed by atoms with Gasteiger partial charge in [-0.3, -0.25) is 0 Å². The number of nitrogens with zero attached hydrogens (tertiary/aromatic N) is 1. The van der Waals surface area contributed by atoms with Crippen LogP contribution in [0.2, 0.25) is 0 Å². The smallest absolute Gasteiger partial charge is 0.00922 e. The molecule has 0 N–H and O–H groups in total. The van der Waals surface area contributed by atoms with E-state index in [9.17, 15) is 0 Å². The van der Waals surface area contributed by atoms with Crippen LogP contribution in [-0.2, 0) is 0 Å². The summed E-state index contributed by atoms with van der Waals surface area (Å²) in [5.41, 5.74) is 0. The monoisotopic (exact) mass is 452 g/mol. The summed E-state index contributed by atoms with van der Waals surface area (Å²) in [4.78, 5) is 2.71. The Hall–Kier alpha value is -0.0400. The molecule has 0 saturated carbocycles. The van der Waals surface area contributed by atoms with Crippen molar-refractivity contribution in [1.29, 1.82) is 0 Å². The van der Waals surface area contributed by atoms with Gasteiger partial charge in [0.05, 0.1) is 0 Å². The Morgan fingerprint density at radius 2 is 0.750 bits per heavy atom. The van der Waals surface area contributed by atoms with Crippen molar-refractivity contribution in [3.05, 3.63) is 0 Å². The van der Waals surface area contributed by atoms with E-state index in [0.29, 0.717) is 0 Å². The highest BCUT2D eigenvalue weighted by molar-refractivity contribution is 4.70. The Morgan fingerprint density at radius 3 is 1.06 bits per heavy atom. The molecule has 0 unspecified atom stereocenters. The highest BCUT2D eigenvalue weighted by Crippen LogP contribution is 2.19. The SMILES string of the molecule is CCCCCCCCCCCCC(CCCCCCCCCCCC)N(C)CCC(C)C. The predicted molar refractivity (Wildman–Crippen MR) is 149 cm³/mol. The molecule has 194 valence electrons. The van der Waals surface area contributed by atoms with Gasteiger partial charge >= 0.3 is 0 Å². The minimum Gasteiger partial charge on any atom is -0.303 e. The van der Waals surface area contributed by atoms with E-state index in [2.05, 4.69) is 39.6 Å². The summed E-state index contributed by atoms with van der Waals surface area (Å²) in [6.45, 7) is 10.6. The molecule has 0 spiro atoms. The van der Waals surface area contributed by atoms with Crippen LogP contribution in [0.4, 0.5) is 0 Å². The van der Waals surface area contributed by atoms with Crippen molar-refractivity contribution in [1.82, 2.24) is 4.90 Å². The first-order chi connectivity index (χ1) is 15.6. The molecule has 0 rings (SSSR count). The van der Waals surface area contributed by atoms with Gasteiger partial charge in [0.25, 0.3) is 0 Å². The fraction of sp³-hybridized carbons (Fsp3) is 1.00. The van der Waals surface area contributed by atoms with Gasteiger partial charge in [-0.15, -0.1) is 0 Å². The number of rotatable bonds is 26. The summed E-state index contributed by atoms with van der Waals surface area (Å²) in [7, 11) is 2.40. The first kappa shape index (κ1) is 32.0. The fourth-order valence-electron chi connectivity index (χ4n) is 4.96. The van der Waals surface area contributed by atoms with Crippen molar-refractivity contribution in [2.24, 2.45) is 5.92 Å². The lowest BCUT2D eigenvalue weighted by Gasteiger charge is -2.29. The normalized spacial score (nSPS) is 12.0. The zero-order valence-corrected chi connectivity index (χ0v) is 23.6. The van der Waals surface area contributed by atoms with Crippen LogP contribution in [0.5, 0.6) is 0 Å². The lowest BCUT2D eigenvalue weighted by molar-refractivity contribution is 0.199. The van der Waals surface area contributed by atoms with E-state index in [4.69, 9.17) is 0 Å². The molecule has 0 fully saturated rings. The van der Waals surface area contributed by atoms with Crippen LogP contribution in [0.25, 0.3) is 0 Å². The van der Waals surface area contributed by atoms with Gasteiger partial charge in [0, 0.05) is 6.04 Å². The quantitative estimate of drug-likeness (QED) is 0.118. The van der Waals surface area contributed by atoms with Crippen molar-refractivity contribution in [3.8, 4) is 0 Å². The molecule has 1 nitrogen and oxygen atoms in total. The standard InChI is InChI=1S/C31H65N/c1-6-8-10-12-14-16-18-20-22-24-26-31(32(5)29-28-30(3)4)27-25-23-21-19-17-15-13-11-9-7-2/h30-31H,6-29H2,1-5H3. The van der Waals surface area contributed by atoms with Crippen molar-refractivity contribution in [2.45, 2.75) is 181 Å². The second kappa shape index (κ2) is 25.6. The van der Waals surface area contributed by atoms with Crippen LogP contribution in [0.3, 0.4) is 0 Å².